The third kappa shape index (κ3) is 2.74. The minimum atomic E-state index is -0.285. The molecule has 2 aromatic heterocycles. The average Bonchev–Trinajstić information content (AvgIpc) is 3.00. The lowest BCUT2D eigenvalue weighted by Gasteiger charge is -2.16. The van der Waals surface area contributed by atoms with Crippen molar-refractivity contribution in [1.82, 2.24) is 15.1 Å². The van der Waals surface area contributed by atoms with Crippen molar-refractivity contribution in [2.24, 2.45) is 0 Å². The van der Waals surface area contributed by atoms with Crippen LogP contribution in [0.25, 0.3) is 0 Å². The molecule has 0 fully saturated rings. The van der Waals surface area contributed by atoms with Gasteiger partial charge in [-0.3, -0.25) is 9.48 Å². The molecule has 0 unspecified atom stereocenters. The molecule has 2 atom stereocenters. The Bertz CT molecular complexity index is 464. The molecule has 5 heteroatoms. The van der Waals surface area contributed by atoms with Gasteiger partial charge in [0.15, 0.2) is 0 Å². The fourth-order valence-electron chi connectivity index (χ4n) is 1.57. The Morgan fingerprint density at radius 1 is 1.47 bits per heavy atom. The molecule has 0 aromatic carbocycles. The van der Waals surface area contributed by atoms with Gasteiger partial charge in [0.25, 0.3) is 0 Å². The molecule has 1 amide bonds. The van der Waals surface area contributed by atoms with Crippen molar-refractivity contribution in [3.63, 3.8) is 0 Å². The fourth-order valence-corrected chi connectivity index (χ4v) is 2.31. The number of thiophene rings is 1. The molecular formula is C12H15N3OS. The number of hydrogen-bond acceptors (Lipinski definition) is 3. The number of carbonyl (C=O) groups excluding carboxylic acids is 1. The molecule has 2 heterocycles. The van der Waals surface area contributed by atoms with Gasteiger partial charge in [-0.25, -0.2) is 0 Å². The van der Waals surface area contributed by atoms with E-state index in [4.69, 9.17) is 0 Å². The molecule has 0 spiro atoms. The van der Waals surface area contributed by atoms with E-state index in [1.807, 2.05) is 37.4 Å². The number of rotatable bonds is 4. The van der Waals surface area contributed by atoms with Crippen LogP contribution < -0.4 is 5.32 Å². The molecule has 0 saturated heterocycles. The second kappa shape index (κ2) is 5.14. The van der Waals surface area contributed by atoms with Crippen LogP contribution >= 0.6 is 11.3 Å². The predicted molar refractivity (Wildman–Crippen MR) is 67.8 cm³/mol. The lowest BCUT2D eigenvalue weighted by Crippen LogP contribution is -2.32. The van der Waals surface area contributed by atoms with Crippen molar-refractivity contribution in [1.29, 1.82) is 0 Å². The zero-order chi connectivity index (χ0) is 12.3. The number of nitrogens with zero attached hydrogens (tertiary/aromatic N) is 2. The SMILES string of the molecule is C[C@H](NC(=O)[C@H](C)n1cccn1)c1cccs1. The monoisotopic (exact) mass is 249 g/mol. The number of hydrogen-bond donors (Lipinski definition) is 1. The van der Waals surface area contributed by atoms with Crippen LogP contribution in [0.5, 0.6) is 0 Å². The Labute approximate surface area is 104 Å². The van der Waals surface area contributed by atoms with Crippen LogP contribution in [-0.4, -0.2) is 15.7 Å². The van der Waals surface area contributed by atoms with E-state index in [0.717, 1.165) is 4.88 Å². The first kappa shape index (κ1) is 11.9. The van der Waals surface area contributed by atoms with E-state index in [1.165, 1.54) is 0 Å². The average molecular weight is 249 g/mol. The predicted octanol–water partition coefficient (Wildman–Crippen LogP) is 2.38. The van der Waals surface area contributed by atoms with Crippen molar-refractivity contribution < 1.29 is 4.79 Å². The molecule has 90 valence electrons. The first-order chi connectivity index (χ1) is 8.18. The van der Waals surface area contributed by atoms with Gasteiger partial charge in [-0.05, 0) is 31.4 Å². The summed E-state index contributed by atoms with van der Waals surface area (Å²) in [5.74, 6) is -0.0189. The molecule has 2 aromatic rings. The van der Waals surface area contributed by atoms with Crippen molar-refractivity contribution in [3.8, 4) is 0 Å². The van der Waals surface area contributed by atoms with Crippen molar-refractivity contribution in [3.05, 3.63) is 40.8 Å². The molecule has 4 nitrogen and oxygen atoms in total. The van der Waals surface area contributed by atoms with Gasteiger partial charge in [0.2, 0.25) is 5.91 Å². The van der Waals surface area contributed by atoms with E-state index in [9.17, 15) is 4.79 Å². The molecule has 1 N–H and O–H groups in total. The molecular weight excluding hydrogens is 234 g/mol. The Morgan fingerprint density at radius 2 is 2.29 bits per heavy atom. The van der Waals surface area contributed by atoms with Crippen LogP contribution in [0.4, 0.5) is 0 Å². The standard InChI is InChI=1S/C12H15N3OS/c1-9(11-5-3-8-17-11)14-12(16)10(2)15-7-4-6-13-15/h3-10H,1-2H3,(H,14,16)/t9-,10-/m0/s1. The number of carbonyl (C=O) groups is 1. The summed E-state index contributed by atoms with van der Waals surface area (Å²) in [7, 11) is 0. The number of amides is 1. The molecule has 2 rings (SSSR count). The maximum absolute atomic E-state index is 12.0. The Kier molecular flexibility index (Phi) is 3.58. The van der Waals surface area contributed by atoms with Gasteiger partial charge >= 0.3 is 0 Å². The normalized spacial score (nSPS) is 14.2. The molecule has 0 bridgehead atoms. The third-order valence-electron chi connectivity index (χ3n) is 2.63. The molecule has 17 heavy (non-hydrogen) atoms. The summed E-state index contributed by atoms with van der Waals surface area (Å²) >= 11 is 1.65. The quantitative estimate of drug-likeness (QED) is 0.904. The fraction of sp³-hybridized carbons (Fsp3) is 0.333. The molecule has 0 aliphatic rings. The van der Waals surface area contributed by atoms with Crippen LogP contribution in [0.3, 0.4) is 0 Å². The Balaban J connectivity index is 1.98. The number of nitrogens with one attached hydrogen (secondary N) is 1. The zero-order valence-electron chi connectivity index (χ0n) is 9.83. The van der Waals surface area contributed by atoms with Crippen LogP contribution in [0.1, 0.15) is 30.8 Å². The maximum atomic E-state index is 12.0. The Morgan fingerprint density at radius 3 is 2.88 bits per heavy atom. The summed E-state index contributed by atoms with van der Waals surface area (Å²) in [6, 6.07) is 5.58. The van der Waals surface area contributed by atoms with Crippen molar-refractivity contribution in [2.45, 2.75) is 25.9 Å². The maximum Gasteiger partial charge on any atom is 0.245 e. The van der Waals surface area contributed by atoms with E-state index in [0.29, 0.717) is 0 Å². The third-order valence-corrected chi connectivity index (χ3v) is 3.68. The smallest absolute Gasteiger partial charge is 0.245 e. The molecule has 0 aliphatic carbocycles. The highest BCUT2D eigenvalue weighted by atomic mass is 32.1. The van der Waals surface area contributed by atoms with Gasteiger partial charge in [-0.15, -0.1) is 11.3 Å². The van der Waals surface area contributed by atoms with Crippen LogP contribution in [0, 0.1) is 0 Å². The van der Waals surface area contributed by atoms with E-state index < -0.39 is 0 Å². The summed E-state index contributed by atoms with van der Waals surface area (Å²) in [4.78, 5) is 13.1. The van der Waals surface area contributed by atoms with Gasteiger partial charge in [0, 0.05) is 17.3 Å². The van der Waals surface area contributed by atoms with Gasteiger partial charge < -0.3 is 5.32 Å². The lowest BCUT2D eigenvalue weighted by molar-refractivity contribution is -0.124. The second-order valence-electron chi connectivity index (χ2n) is 3.91. The van der Waals surface area contributed by atoms with Crippen molar-refractivity contribution in [2.75, 3.05) is 0 Å². The zero-order valence-corrected chi connectivity index (χ0v) is 10.6. The van der Waals surface area contributed by atoms with Gasteiger partial charge in [-0.2, -0.15) is 5.10 Å². The van der Waals surface area contributed by atoms with E-state index in [2.05, 4.69) is 10.4 Å². The summed E-state index contributed by atoms with van der Waals surface area (Å²) in [5.41, 5.74) is 0. The van der Waals surface area contributed by atoms with E-state index in [-0.39, 0.29) is 18.0 Å². The summed E-state index contributed by atoms with van der Waals surface area (Å²) in [5, 5.41) is 9.06. The lowest BCUT2D eigenvalue weighted by atomic mass is 10.2. The minimum absolute atomic E-state index is 0.0189. The summed E-state index contributed by atoms with van der Waals surface area (Å²) in [6.45, 7) is 3.82. The summed E-state index contributed by atoms with van der Waals surface area (Å²) in [6.07, 6.45) is 3.46. The topological polar surface area (TPSA) is 46.9 Å². The first-order valence-corrected chi connectivity index (χ1v) is 6.39. The Hall–Kier alpha value is -1.62. The molecule has 0 radical (unpaired) electrons. The first-order valence-electron chi connectivity index (χ1n) is 5.51. The van der Waals surface area contributed by atoms with Crippen LogP contribution in [-0.2, 0) is 4.79 Å². The second-order valence-corrected chi connectivity index (χ2v) is 4.89. The van der Waals surface area contributed by atoms with E-state index in [1.54, 1.807) is 28.4 Å². The highest BCUT2D eigenvalue weighted by Crippen LogP contribution is 2.18. The highest BCUT2D eigenvalue weighted by molar-refractivity contribution is 7.10. The summed E-state index contributed by atoms with van der Waals surface area (Å²) < 4.78 is 1.65. The molecule has 0 aliphatic heterocycles. The number of aromatic nitrogens is 2. The van der Waals surface area contributed by atoms with Gasteiger partial charge in [0.05, 0.1) is 6.04 Å². The van der Waals surface area contributed by atoms with Crippen molar-refractivity contribution >= 4 is 17.2 Å². The highest BCUT2D eigenvalue weighted by Gasteiger charge is 2.17. The van der Waals surface area contributed by atoms with Gasteiger partial charge in [-0.1, -0.05) is 6.07 Å². The minimum Gasteiger partial charge on any atom is -0.347 e. The van der Waals surface area contributed by atoms with E-state index >= 15 is 0 Å². The largest absolute Gasteiger partial charge is 0.347 e. The van der Waals surface area contributed by atoms with Crippen LogP contribution in [0.15, 0.2) is 36.0 Å². The van der Waals surface area contributed by atoms with Gasteiger partial charge in [0.1, 0.15) is 6.04 Å². The van der Waals surface area contributed by atoms with Crippen LogP contribution in [0.2, 0.25) is 0 Å². The molecule has 0 saturated carbocycles.